The molecule has 0 aliphatic rings. The van der Waals surface area contributed by atoms with Crippen molar-refractivity contribution >= 4 is 28.5 Å². The van der Waals surface area contributed by atoms with Crippen LogP contribution in [0.15, 0.2) is 54.6 Å². The monoisotopic (exact) mass is 336 g/mol. The van der Waals surface area contributed by atoms with E-state index in [0.717, 1.165) is 16.5 Å². The summed E-state index contributed by atoms with van der Waals surface area (Å²) >= 11 is 0. The van der Waals surface area contributed by atoms with Crippen molar-refractivity contribution in [3.05, 3.63) is 65.9 Å². The number of ether oxygens (including phenoxy) is 1. The summed E-state index contributed by atoms with van der Waals surface area (Å²) in [5.41, 5.74) is 2.43. The number of fused-ring (bicyclic) bond motifs is 1. The largest absolute Gasteiger partial charge is 0.464 e. The van der Waals surface area contributed by atoms with Crippen LogP contribution in [0.3, 0.4) is 0 Å². The zero-order valence-corrected chi connectivity index (χ0v) is 14.2. The van der Waals surface area contributed by atoms with Gasteiger partial charge in [0.1, 0.15) is 5.69 Å². The number of methoxy groups -OCH3 is 1. The van der Waals surface area contributed by atoms with Crippen molar-refractivity contribution in [2.45, 2.75) is 19.3 Å². The van der Waals surface area contributed by atoms with Crippen LogP contribution in [0.5, 0.6) is 0 Å². The number of para-hydroxylation sites is 1. The molecule has 5 heteroatoms. The van der Waals surface area contributed by atoms with Gasteiger partial charge < -0.3 is 15.0 Å². The first-order chi connectivity index (χ1) is 12.2. The lowest BCUT2D eigenvalue weighted by atomic mass is 9.95. The van der Waals surface area contributed by atoms with Gasteiger partial charge in [-0.2, -0.15) is 0 Å². The maximum absolute atomic E-state index is 12.9. The molecule has 25 heavy (non-hydrogen) atoms. The highest BCUT2D eigenvalue weighted by Gasteiger charge is 2.24. The topological polar surface area (TPSA) is 71.2 Å². The van der Waals surface area contributed by atoms with E-state index in [9.17, 15) is 9.59 Å². The van der Waals surface area contributed by atoms with Crippen LogP contribution in [0.2, 0.25) is 0 Å². The fourth-order valence-electron chi connectivity index (χ4n) is 3.00. The smallest absolute Gasteiger partial charge is 0.356 e. The number of rotatable bonds is 5. The van der Waals surface area contributed by atoms with Gasteiger partial charge in [0.15, 0.2) is 0 Å². The van der Waals surface area contributed by atoms with Crippen molar-refractivity contribution in [2.75, 3.05) is 12.4 Å². The molecule has 2 N–H and O–H groups in total. The number of hydrogen-bond donors (Lipinski definition) is 2. The first-order valence-electron chi connectivity index (χ1n) is 8.20. The summed E-state index contributed by atoms with van der Waals surface area (Å²) in [5.74, 6) is -0.955. The average molecular weight is 336 g/mol. The fourth-order valence-corrected chi connectivity index (χ4v) is 3.00. The van der Waals surface area contributed by atoms with E-state index in [1.54, 1.807) is 0 Å². The number of anilines is 1. The van der Waals surface area contributed by atoms with Crippen LogP contribution in [0.4, 0.5) is 5.69 Å². The van der Waals surface area contributed by atoms with E-state index < -0.39 is 5.97 Å². The molecular formula is C20H20N2O3. The molecule has 1 amide bonds. The van der Waals surface area contributed by atoms with Gasteiger partial charge in [0, 0.05) is 10.9 Å². The van der Waals surface area contributed by atoms with Gasteiger partial charge >= 0.3 is 5.97 Å². The minimum absolute atomic E-state index is 0.149. The van der Waals surface area contributed by atoms with Crippen molar-refractivity contribution in [1.82, 2.24) is 4.98 Å². The Morgan fingerprint density at radius 3 is 2.44 bits per heavy atom. The van der Waals surface area contributed by atoms with E-state index >= 15 is 0 Å². The Bertz CT molecular complexity index is 900. The van der Waals surface area contributed by atoms with E-state index in [0.29, 0.717) is 12.1 Å². The summed E-state index contributed by atoms with van der Waals surface area (Å²) in [6.07, 6.45) is 0.658. The lowest BCUT2D eigenvalue weighted by Crippen LogP contribution is -2.22. The minimum atomic E-state index is -0.515. The van der Waals surface area contributed by atoms with E-state index in [-0.39, 0.29) is 17.5 Å². The Morgan fingerprint density at radius 2 is 1.76 bits per heavy atom. The summed E-state index contributed by atoms with van der Waals surface area (Å²) < 4.78 is 4.84. The van der Waals surface area contributed by atoms with Crippen molar-refractivity contribution in [2.24, 2.45) is 0 Å². The lowest BCUT2D eigenvalue weighted by molar-refractivity contribution is -0.117. The zero-order chi connectivity index (χ0) is 17.8. The van der Waals surface area contributed by atoms with E-state index in [1.807, 2.05) is 61.5 Å². The second-order valence-corrected chi connectivity index (χ2v) is 5.77. The van der Waals surface area contributed by atoms with Gasteiger partial charge in [-0.15, -0.1) is 0 Å². The van der Waals surface area contributed by atoms with Crippen molar-refractivity contribution in [3.8, 4) is 0 Å². The van der Waals surface area contributed by atoms with Gasteiger partial charge in [-0.1, -0.05) is 55.5 Å². The summed E-state index contributed by atoms with van der Waals surface area (Å²) in [5, 5.41) is 3.70. The number of carbonyl (C=O) groups excluding carboxylic acids is 2. The Kier molecular flexibility index (Phi) is 4.84. The number of benzene rings is 2. The molecular weight excluding hydrogens is 316 g/mol. The van der Waals surface area contributed by atoms with Crippen molar-refractivity contribution < 1.29 is 14.3 Å². The molecule has 5 nitrogen and oxygen atoms in total. The maximum Gasteiger partial charge on any atom is 0.356 e. The number of H-pyrrole nitrogens is 1. The molecule has 1 atom stereocenters. The fraction of sp³-hybridized carbons (Fsp3) is 0.200. The minimum Gasteiger partial charge on any atom is -0.464 e. The van der Waals surface area contributed by atoms with E-state index in [2.05, 4.69) is 10.3 Å². The van der Waals surface area contributed by atoms with Crippen molar-refractivity contribution in [1.29, 1.82) is 0 Å². The van der Waals surface area contributed by atoms with Crippen molar-refractivity contribution in [3.63, 3.8) is 0 Å². The van der Waals surface area contributed by atoms with Crippen LogP contribution < -0.4 is 5.32 Å². The molecule has 0 saturated carbocycles. The molecule has 0 spiro atoms. The summed E-state index contributed by atoms with van der Waals surface area (Å²) in [6, 6.07) is 17.1. The van der Waals surface area contributed by atoms with Crippen LogP contribution >= 0.6 is 0 Å². The molecule has 0 unspecified atom stereocenters. The lowest BCUT2D eigenvalue weighted by Gasteiger charge is -2.15. The SMILES string of the molecule is CC[C@H](C(=O)Nc1c(C(=O)OC)[nH]c2ccccc12)c1ccccc1. The first kappa shape index (κ1) is 16.8. The van der Waals surface area contributed by atoms with Gasteiger partial charge in [0.25, 0.3) is 0 Å². The predicted octanol–water partition coefficient (Wildman–Crippen LogP) is 4.09. The molecule has 3 rings (SSSR count). The van der Waals surface area contributed by atoms with Crippen LogP contribution in [0.1, 0.15) is 35.3 Å². The van der Waals surface area contributed by atoms with E-state index in [1.165, 1.54) is 7.11 Å². The number of carbonyl (C=O) groups is 2. The quantitative estimate of drug-likeness (QED) is 0.690. The number of aromatic nitrogens is 1. The van der Waals surface area contributed by atoms with E-state index in [4.69, 9.17) is 4.74 Å². The highest BCUT2D eigenvalue weighted by molar-refractivity contribution is 6.11. The first-order valence-corrected chi connectivity index (χ1v) is 8.20. The Morgan fingerprint density at radius 1 is 1.08 bits per heavy atom. The molecule has 3 aromatic rings. The molecule has 0 bridgehead atoms. The number of nitrogens with one attached hydrogen (secondary N) is 2. The van der Waals surface area contributed by atoms with Crippen LogP contribution in [0, 0.1) is 0 Å². The molecule has 0 saturated heterocycles. The Hall–Kier alpha value is -3.08. The van der Waals surface area contributed by atoms with Crippen LogP contribution in [-0.2, 0) is 9.53 Å². The summed E-state index contributed by atoms with van der Waals surface area (Å²) in [4.78, 5) is 28.0. The number of hydrogen-bond acceptors (Lipinski definition) is 3. The second kappa shape index (κ2) is 7.21. The molecule has 0 aliphatic heterocycles. The summed E-state index contributed by atoms with van der Waals surface area (Å²) in [7, 11) is 1.32. The summed E-state index contributed by atoms with van der Waals surface area (Å²) in [6.45, 7) is 1.97. The maximum atomic E-state index is 12.9. The zero-order valence-electron chi connectivity index (χ0n) is 14.2. The number of amides is 1. The molecule has 2 aromatic carbocycles. The molecule has 0 aliphatic carbocycles. The molecule has 128 valence electrons. The normalized spacial score (nSPS) is 11.9. The Balaban J connectivity index is 1.99. The third kappa shape index (κ3) is 3.26. The highest BCUT2D eigenvalue weighted by Crippen LogP contribution is 2.30. The van der Waals surface area contributed by atoms with Gasteiger partial charge in [-0.05, 0) is 18.1 Å². The average Bonchev–Trinajstić information content (AvgIpc) is 3.01. The number of aromatic amines is 1. The molecule has 1 aromatic heterocycles. The van der Waals surface area contributed by atoms with Crippen LogP contribution in [-0.4, -0.2) is 24.0 Å². The second-order valence-electron chi connectivity index (χ2n) is 5.77. The molecule has 0 radical (unpaired) electrons. The third-order valence-corrected chi connectivity index (χ3v) is 4.27. The molecule has 1 heterocycles. The van der Waals surface area contributed by atoms with Crippen LogP contribution in [0.25, 0.3) is 10.9 Å². The number of esters is 1. The predicted molar refractivity (Wildman–Crippen MR) is 97.7 cm³/mol. The molecule has 0 fully saturated rings. The van der Waals surface area contributed by atoms with Gasteiger partial charge in [-0.3, -0.25) is 4.79 Å². The van der Waals surface area contributed by atoms with Gasteiger partial charge in [-0.25, -0.2) is 4.79 Å². The highest BCUT2D eigenvalue weighted by atomic mass is 16.5. The Labute approximate surface area is 146 Å². The van der Waals surface area contributed by atoms with Gasteiger partial charge in [0.05, 0.1) is 18.7 Å². The van der Waals surface area contributed by atoms with Gasteiger partial charge in [0.2, 0.25) is 5.91 Å². The standard InChI is InChI=1S/C20H20N2O3/c1-3-14(13-9-5-4-6-10-13)19(23)22-17-15-11-7-8-12-16(15)21-18(17)20(24)25-2/h4-12,14,21H,3H2,1-2H3,(H,22,23)/t14-/m0/s1. The third-order valence-electron chi connectivity index (χ3n) is 4.27.